The summed E-state index contributed by atoms with van der Waals surface area (Å²) in [6.45, 7) is 22.9. The van der Waals surface area contributed by atoms with Crippen LogP contribution in [0.15, 0.2) is 121 Å². The first kappa shape index (κ1) is 42.8. The van der Waals surface area contributed by atoms with Crippen molar-refractivity contribution in [2.45, 2.75) is 77.8 Å². The molecule has 0 saturated carbocycles. The minimum absolute atomic E-state index is 0. The van der Waals surface area contributed by atoms with Gasteiger partial charge in [-0.2, -0.15) is 0 Å². The molecule has 8 aromatic rings. The van der Waals surface area contributed by atoms with Crippen molar-refractivity contribution >= 4 is 81.3 Å². The van der Waals surface area contributed by atoms with E-state index in [2.05, 4.69) is 189 Å². The van der Waals surface area contributed by atoms with E-state index in [1.54, 1.807) is 0 Å². The van der Waals surface area contributed by atoms with Crippen molar-refractivity contribution in [2.24, 2.45) is 0 Å². The Kier molecular flexibility index (Phi) is 12.7. The predicted molar refractivity (Wildman–Crippen MR) is 225 cm³/mol. The first-order chi connectivity index (χ1) is 23.6. The maximum Gasteiger partial charge on any atom is 4.00 e. The van der Waals surface area contributed by atoms with Crippen LogP contribution in [0.4, 0.5) is 0 Å². The number of hydrogen-bond acceptors (Lipinski definition) is 2. The van der Waals surface area contributed by atoms with Crippen LogP contribution in [-0.4, -0.2) is 16.6 Å². The molecule has 272 valence electrons. The number of fused-ring (bicyclic) bond motifs is 12. The van der Waals surface area contributed by atoms with Crippen LogP contribution in [0, 0.1) is 0 Å². The Labute approximate surface area is 349 Å². The van der Waals surface area contributed by atoms with E-state index in [1.807, 2.05) is 0 Å². The molecule has 0 N–H and O–H groups in total. The third-order valence-electron chi connectivity index (χ3n) is 11.5. The van der Waals surface area contributed by atoms with Gasteiger partial charge in [0.25, 0.3) is 0 Å². The molecule has 0 atom stereocenters. The van der Waals surface area contributed by atoms with Gasteiger partial charge in [-0.3, -0.25) is 0 Å². The van der Waals surface area contributed by atoms with Crippen LogP contribution >= 0.6 is 0 Å². The van der Waals surface area contributed by atoms with E-state index in [1.165, 1.54) is 64.6 Å². The Bertz CT molecular complexity index is 2210. The fourth-order valence-corrected chi connectivity index (χ4v) is 8.71. The molecule has 0 heterocycles. The molecule has 7 heteroatoms. The topological polar surface area (TPSA) is 18.5 Å². The van der Waals surface area contributed by atoms with E-state index in [4.69, 9.17) is 8.85 Å². The van der Waals surface area contributed by atoms with Gasteiger partial charge in [0.15, 0.2) is 0 Å². The van der Waals surface area contributed by atoms with Gasteiger partial charge in [0.2, 0.25) is 16.6 Å². The Morgan fingerprint density at radius 3 is 0.887 bits per heavy atom. The molecule has 0 aliphatic heterocycles. The Balaban J connectivity index is 0.000000224. The summed E-state index contributed by atoms with van der Waals surface area (Å²) in [5, 5.41) is 16.1. The SMILES string of the molecule is CC(C)(C)[Si](C)(C)Oc1cc2c3ccccc3c3ccccc3c2[cH-]1.CC(C)(C)[Si](C)(C)Oc1cc2c3ccccc3c3ccccc3c2[cH-]1.[Cl-].[Cl-].[Zr+4]. The van der Waals surface area contributed by atoms with Crippen molar-refractivity contribution < 1.29 is 59.9 Å². The minimum atomic E-state index is -1.84. The molecular weight excluding hydrogens is 803 g/mol. The third-order valence-corrected chi connectivity index (χ3v) is 20.3. The average Bonchev–Trinajstić information content (AvgIpc) is 3.68. The molecule has 0 saturated heterocycles. The molecular formula is C46H50Cl2O2Si2Zr. The normalized spacial score (nSPS) is 12.3. The van der Waals surface area contributed by atoms with Crippen molar-refractivity contribution in [1.82, 2.24) is 0 Å². The molecule has 0 amide bonds. The quantitative estimate of drug-likeness (QED) is 0.101. The zero-order valence-corrected chi connectivity index (χ0v) is 38.6. The van der Waals surface area contributed by atoms with Gasteiger partial charge in [0.05, 0.1) is 0 Å². The zero-order chi connectivity index (χ0) is 35.6. The van der Waals surface area contributed by atoms with E-state index in [0.29, 0.717) is 0 Å². The van der Waals surface area contributed by atoms with E-state index in [-0.39, 0.29) is 61.1 Å². The summed E-state index contributed by atoms with van der Waals surface area (Å²) in [7, 11) is -3.69. The smallest absolute Gasteiger partial charge is 1.00 e. The Morgan fingerprint density at radius 2 is 0.623 bits per heavy atom. The summed E-state index contributed by atoms with van der Waals surface area (Å²) in [6.07, 6.45) is 0. The number of hydrogen-bond donors (Lipinski definition) is 0. The minimum Gasteiger partial charge on any atom is -1.00 e. The van der Waals surface area contributed by atoms with Crippen molar-refractivity contribution in [1.29, 1.82) is 0 Å². The van der Waals surface area contributed by atoms with Gasteiger partial charge in [0.1, 0.15) is 0 Å². The van der Waals surface area contributed by atoms with Crippen LogP contribution < -0.4 is 33.7 Å². The van der Waals surface area contributed by atoms with Crippen molar-refractivity contribution in [2.75, 3.05) is 0 Å². The molecule has 0 spiro atoms. The maximum atomic E-state index is 6.59. The summed E-state index contributed by atoms with van der Waals surface area (Å²) in [4.78, 5) is 0. The summed E-state index contributed by atoms with van der Waals surface area (Å²) < 4.78 is 13.2. The van der Waals surface area contributed by atoms with Gasteiger partial charge in [-0.1, -0.05) is 171 Å². The second-order valence-electron chi connectivity index (χ2n) is 16.9. The second kappa shape index (κ2) is 15.7. The molecule has 8 aromatic carbocycles. The van der Waals surface area contributed by atoms with Gasteiger partial charge in [0, 0.05) is 11.5 Å². The molecule has 2 nitrogen and oxygen atoms in total. The van der Waals surface area contributed by atoms with Crippen LogP contribution in [0.1, 0.15) is 41.5 Å². The van der Waals surface area contributed by atoms with Crippen LogP contribution in [0.5, 0.6) is 11.5 Å². The molecule has 0 bridgehead atoms. The van der Waals surface area contributed by atoms with Crippen molar-refractivity contribution in [3.63, 3.8) is 0 Å². The van der Waals surface area contributed by atoms with E-state index in [9.17, 15) is 0 Å². The van der Waals surface area contributed by atoms with Crippen molar-refractivity contribution in [3.05, 3.63) is 121 Å². The molecule has 0 fully saturated rings. The number of rotatable bonds is 4. The zero-order valence-electron chi connectivity index (χ0n) is 32.6. The molecule has 0 aliphatic rings. The van der Waals surface area contributed by atoms with E-state index in [0.717, 1.165) is 11.5 Å². The molecule has 0 unspecified atom stereocenters. The first-order valence-corrected chi connectivity index (χ1v) is 23.8. The standard InChI is InChI=1S/2C23H25OSi.2ClH.Zr/c2*1-23(2,3)25(4,5)24-16-14-21-19-12-8-6-10-17(19)18-11-7-9-13-20(18)22(21)15-16;;;/h2*6-15H,1-5H3;2*1H;/q2*-1;;;+4/p-2. The van der Waals surface area contributed by atoms with Crippen LogP contribution in [0.3, 0.4) is 0 Å². The molecule has 0 radical (unpaired) electrons. The van der Waals surface area contributed by atoms with Crippen LogP contribution in [-0.2, 0) is 26.2 Å². The van der Waals surface area contributed by atoms with E-state index >= 15 is 0 Å². The molecule has 0 aromatic heterocycles. The Morgan fingerprint density at radius 1 is 0.396 bits per heavy atom. The summed E-state index contributed by atoms with van der Waals surface area (Å²) >= 11 is 0. The fourth-order valence-electron chi connectivity index (χ4n) is 6.68. The number of benzene rings is 6. The molecule has 8 rings (SSSR count). The van der Waals surface area contributed by atoms with Gasteiger partial charge >= 0.3 is 26.2 Å². The average molecular weight is 853 g/mol. The number of halogens is 2. The first-order valence-electron chi connectivity index (χ1n) is 17.9. The summed E-state index contributed by atoms with van der Waals surface area (Å²) in [5.74, 6) is 2.03. The summed E-state index contributed by atoms with van der Waals surface area (Å²) in [5.41, 5.74) is 0. The largest absolute Gasteiger partial charge is 4.00 e. The second-order valence-corrected chi connectivity index (χ2v) is 26.4. The van der Waals surface area contributed by atoms with Crippen molar-refractivity contribution in [3.8, 4) is 11.5 Å². The predicted octanol–water partition coefficient (Wildman–Crippen LogP) is 8.50. The van der Waals surface area contributed by atoms with Gasteiger partial charge in [-0.15, -0.1) is 45.8 Å². The van der Waals surface area contributed by atoms with Gasteiger partial charge in [-0.25, -0.2) is 0 Å². The molecule has 53 heavy (non-hydrogen) atoms. The summed E-state index contributed by atoms with van der Waals surface area (Å²) in [6, 6.07) is 43.7. The van der Waals surface area contributed by atoms with Crippen LogP contribution in [0.25, 0.3) is 64.6 Å². The molecule has 0 aliphatic carbocycles. The monoisotopic (exact) mass is 850 g/mol. The maximum absolute atomic E-state index is 6.59. The third kappa shape index (κ3) is 7.94. The fraction of sp³-hybridized carbons (Fsp3) is 0.261. The van der Waals surface area contributed by atoms with Gasteiger partial charge < -0.3 is 33.7 Å². The van der Waals surface area contributed by atoms with Crippen LogP contribution in [0.2, 0.25) is 36.3 Å². The Hall–Kier alpha value is -2.92. The van der Waals surface area contributed by atoms with Gasteiger partial charge in [-0.05, 0) is 47.0 Å². The van der Waals surface area contributed by atoms with E-state index < -0.39 is 16.6 Å².